The molecule has 1 aliphatic heterocycles. The highest BCUT2D eigenvalue weighted by Gasteiger charge is 2.28. The lowest BCUT2D eigenvalue weighted by Crippen LogP contribution is -2.32. The smallest absolute Gasteiger partial charge is 0.165 e. The van der Waals surface area contributed by atoms with Crippen LogP contribution in [0.5, 0.6) is 5.75 Å². The molecule has 6 nitrogen and oxygen atoms in total. The Labute approximate surface area is 183 Å². The van der Waals surface area contributed by atoms with Crippen molar-refractivity contribution in [1.82, 2.24) is 15.0 Å². The van der Waals surface area contributed by atoms with Crippen LogP contribution in [0.25, 0.3) is 20.4 Å². The minimum atomic E-state index is -0.351. The Morgan fingerprint density at radius 1 is 1.26 bits per heavy atom. The maximum atomic E-state index is 13.9. The molecule has 1 aromatic carbocycles. The zero-order valence-electron chi connectivity index (χ0n) is 17.7. The lowest BCUT2D eigenvalue weighted by atomic mass is 9.95. The molecular weight excluding hydrogens is 415 g/mol. The SMILES string of the molecule is COc1ccc(CCNc2ncnc3c2sc2nc4c(cc23)COC(C)(C)C4)cc1F. The summed E-state index contributed by atoms with van der Waals surface area (Å²) >= 11 is 1.60. The van der Waals surface area contributed by atoms with E-state index in [1.807, 2.05) is 6.07 Å². The average Bonchev–Trinajstić information content (AvgIpc) is 3.10. The van der Waals surface area contributed by atoms with Crippen LogP contribution in [0.4, 0.5) is 10.2 Å². The standard InChI is InChI=1S/C23H23FN4O2S/c1-23(2)10-17-14(11-30-23)9-15-19-20(31-22(15)28-17)21(27-12-26-19)25-7-6-13-4-5-18(29-3)16(24)8-13/h4-5,8-9,12H,6-7,10-11H2,1-3H3,(H,25,26,27). The quantitative estimate of drug-likeness (QED) is 0.478. The van der Waals surface area contributed by atoms with E-state index in [-0.39, 0.29) is 17.2 Å². The van der Waals surface area contributed by atoms with Crippen LogP contribution in [-0.2, 0) is 24.2 Å². The fourth-order valence-corrected chi connectivity index (χ4v) is 5.00. The number of benzene rings is 1. The molecule has 4 aromatic rings. The number of thiophene rings is 1. The van der Waals surface area contributed by atoms with Crippen LogP contribution in [0.1, 0.15) is 30.7 Å². The van der Waals surface area contributed by atoms with Crippen molar-refractivity contribution in [2.24, 2.45) is 0 Å². The lowest BCUT2D eigenvalue weighted by Gasteiger charge is -2.30. The molecule has 160 valence electrons. The van der Waals surface area contributed by atoms with Crippen molar-refractivity contribution in [3.8, 4) is 5.75 Å². The van der Waals surface area contributed by atoms with Gasteiger partial charge >= 0.3 is 0 Å². The molecule has 0 atom stereocenters. The zero-order valence-corrected chi connectivity index (χ0v) is 18.5. The van der Waals surface area contributed by atoms with E-state index in [4.69, 9.17) is 14.5 Å². The maximum absolute atomic E-state index is 13.9. The molecule has 1 N–H and O–H groups in total. The Balaban J connectivity index is 1.41. The summed E-state index contributed by atoms with van der Waals surface area (Å²) in [6.45, 7) is 5.37. The largest absolute Gasteiger partial charge is 0.494 e. The Kier molecular flexibility index (Phi) is 4.98. The van der Waals surface area contributed by atoms with Gasteiger partial charge in [-0.15, -0.1) is 11.3 Å². The van der Waals surface area contributed by atoms with E-state index in [0.717, 1.165) is 49.5 Å². The van der Waals surface area contributed by atoms with Crippen molar-refractivity contribution in [3.05, 3.63) is 53.2 Å². The third kappa shape index (κ3) is 3.81. The second kappa shape index (κ2) is 7.69. The Bertz CT molecular complexity index is 1290. The van der Waals surface area contributed by atoms with Gasteiger partial charge in [-0.1, -0.05) is 6.07 Å². The van der Waals surface area contributed by atoms with Crippen LogP contribution in [0.3, 0.4) is 0 Å². The van der Waals surface area contributed by atoms with Gasteiger partial charge in [-0.2, -0.15) is 0 Å². The molecule has 3 aromatic heterocycles. The highest BCUT2D eigenvalue weighted by molar-refractivity contribution is 7.25. The van der Waals surface area contributed by atoms with Crippen molar-refractivity contribution < 1.29 is 13.9 Å². The third-order valence-electron chi connectivity index (χ3n) is 5.55. The summed E-state index contributed by atoms with van der Waals surface area (Å²) < 4.78 is 25.8. The Morgan fingerprint density at radius 3 is 2.94 bits per heavy atom. The van der Waals surface area contributed by atoms with Crippen molar-refractivity contribution >= 4 is 37.6 Å². The number of hydrogen-bond donors (Lipinski definition) is 1. The van der Waals surface area contributed by atoms with E-state index >= 15 is 0 Å². The van der Waals surface area contributed by atoms with Gasteiger partial charge in [0.25, 0.3) is 0 Å². The third-order valence-corrected chi connectivity index (χ3v) is 6.64. The molecule has 0 saturated heterocycles. The second-order valence-corrected chi connectivity index (χ2v) is 9.32. The van der Waals surface area contributed by atoms with Gasteiger partial charge in [0, 0.05) is 23.9 Å². The van der Waals surface area contributed by atoms with E-state index in [9.17, 15) is 4.39 Å². The number of fused-ring (bicyclic) bond motifs is 4. The average molecular weight is 439 g/mol. The van der Waals surface area contributed by atoms with Gasteiger partial charge in [-0.05, 0) is 44.0 Å². The molecule has 0 radical (unpaired) electrons. The fourth-order valence-electron chi connectivity index (χ4n) is 3.90. The van der Waals surface area contributed by atoms with Gasteiger partial charge in [0.15, 0.2) is 11.6 Å². The molecule has 31 heavy (non-hydrogen) atoms. The van der Waals surface area contributed by atoms with Crippen LogP contribution in [0.2, 0.25) is 0 Å². The minimum Gasteiger partial charge on any atom is -0.494 e. The van der Waals surface area contributed by atoms with E-state index in [1.165, 1.54) is 13.2 Å². The highest BCUT2D eigenvalue weighted by Crippen LogP contribution is 2.38. The summed E-state index contributed by atoms with van der Waals surface area (Å²) in [6, 6.07) is 7.19. The van der Waals surface area contributed by atoms with Crippen molar-refractivity contribution in [1.29, 1.82) is 0 Å². The van der Waals surface area contributed by atoms with Crippen LogP contribution in [-0.4, -0.2) is 34.2 Å². The number of hydrogen-bond acceptors (Lipinski definition) is 7. The molecule has 0 spiro atoms. The van der Waals surface area contributed by atoms with Crippen molar-refractivity contribution in [2.45, 2.75) is 38.9 Å². The molecular formula is C23H23FN4O2S. The molecule has 0 amide bonds. The molecule has 0 fully saturated rings. The number of rotatable bonds is 5. The number of anilines is 1. The molecule has 0 aliphatic carbocycles. The topological polar surface area (TPSA) is 69.2 Å². The number of nitrogens with zero attached hydrogens (tertiary/aromatic N) is 3. The molecule has 0 saturated carbocycles. The van der Waals surface area contributed by atoms with E-state index in [2.05, 4.69) is 35.2 Å². The summed E-state index contributed by atoms with van der Waals surface area (Å²) in [5.41, 5.74) is 3.82. The number of nitrogens with one attached hydrogen (secondary N) is 1. The summed E-state index contributed by atoms with van der Waals surface area (Å²) in [4.78, 5) is 14.9. The number of halogens is 1. The monoisotopic (exact) mass is 438 g/mol. The number of pyridine rings is 1. The van der Waals surface area contributed by atoms with Crippen LogP contribution < -0.4 is 10.1 Å². The predicted molar refractivity (Wildman–Crippen MR) is 120 cm³/mol. The van der Waals surface area contributed by atoms with Crippen LogP contribution >= 0.6 is 11.3 Å². The van der Waals surface area contributed by atoms with Gasteiger partial charge in [0.1, 0.15) is 17.0 Å². The number of aromatic nitrogens is 3. The molecule has 5 rings (SSSR count). The van der Waals surface area contributed by atoms with E-state index in [1.54, 1.807) is 23.7 Å². The van der Waals surface area contributed by atoms with Gasteiger partial charge < -0.3 is 14.8 Å². The summed E-state index contributed by atoms with van der Waals surface area (Å²) in [5.74, 6) is 0.677. The van der Waals surface area contributed by atoms with Crippen molar-refractivity contribution in [3.63, 3.8) is 0 Å². The first-order valence-electron chi connectivity index (χ1n) is 10.2. The molecule has 4 heterocycles. The Hall–Kier alpha value is -2.84. The van der Waals surface area contributed by atoms with Gasteiger partial charge in [-0.25, -0.2) is 19.3 Å². The van der Waals surface area contributed by atoms with E-state index < -0.39 is 0 Å². The lowest BCUT2D eigenvalue weighted by molar-refractivity contribution is -0.0411. The zero-order chi connectivity index (χ0) is 21.6. The van der Waals surface area contributed by atoms with Gasteiger partial charge in [0.2, 0.25) is 0 Å². The second-order valence-electron chi connectivity index (χ2n) is 8.32. The van der Waals surface area contributed by atoms with Crippen LogP contribution in [0.15, 0.2) is 30.6 Å². The normalized spacial score (nSPS) is 15.2. The Morgan fingerprint density at radius 2 is 2.13 bits per heavy atom. The molecule has 8 heteroatoms. The van der Waals surface area contributed by atoms with E-state index in [0.29, 0.717) is 19.6 Å². The number of methoxy groups -OCH3 is 1. The van der Waals surface area contributed by atoms with Gasteiger partial charge in [-0.3, -0.25) is 0 Å². The first-order chi connectivity index (χ1) is 14.9. The maximum Gasteiger partial charge on any atom is 0.165 e. The minimum absolute atomic E-state index is 0.197. The summed E-state index contributed by atoms with van der Waals surface area (Å²) in [7, 11) is 1.46. The first-order valence-corrected chi connectivity index (χ1v) is 11.0. The molecule has 0 unspecified atom stereocenters. The molecule has 0 bridgehead atoms. The van der Waals surface area contributed by atoms with Crippen LogP contribution in [0, 0.1) is 5.82 Å². The summed E-state index contributed by atoms with van der Waals surface area (Å²) in [6.07, 6.45) is 3.03. The number of ether oxygens (including phenoxy) is 2. The predicted octanol–water partition coefficient (Wildman–Crippen LogP) is 4.89. The molecule has 1 aliphatic rings. The summed E-state index contributed by atoms with van der Waals surface area (Å²) in [5, 5.41) is 4.41. The first kappa shape index (κ1) is 20.1. The highest BCUT2D eigenvalue weighted by atomic mass is 32.1. The fraction of sp³-hybridized carbons (Fsp3) is 0.348. The van der Waals surface area contributed by atoms with Gasteiger partial charge in [0.05, 0.1) is 35.2 Å². The van der Waals surface area contributed by atoms with Crippen molar-refractivity contribution in [2.75, 3.05) is 19.0 Å².